The Hall–Kier alpha value is -1.76. The van der Waals surface area contributed by atoms with Gasteiger partial charge >= 0.3 is 0 Å². The minimum Gasteiger partial charge on any atom is -0.491 e. The Morgan fingerprint density at radius 3 is 2.13 bits per heavy atom. The molecule has 0 spiro atoms. The predicted octanol–water partition coefficient (Wildman–Crippen LogP) is 2.15. The normalized spacial score (nSPS) is 12.1. The first-order valence-corrected chi connectivity index (χ1v) is 9.29. The molecule has 1 aromatic rings. The van der Waals surface area contributed by atoms with E-state index in [9.17, 15) is 13.2 Å². The molecule has 0 unspecified atom stereocenters. The van der Waals surface area contributed by atoms with Gasteiger partial charge in [0.25, 0.3) is 0 Å². The van der Waals surface area contributed by atoms with Crippen molar-refractivity contribution in [2.45, 2.75) is 46.3 Å². The van der Waals surface area contributed by atoms with Crippen molar-refractivity contribution in [3.8, 4) is 5.75 Å². The summed E-state index contributed by atoms with van der Waals surface area (Å²) < 4.78 is 30.6. The Balaban J connectivity index is 2.97. The van der Waals surface area contributed by atoms with Crippen molar-refractivity contribution in [3.05, 3.63) is 24.3 Å². The smallest absolute Gasteiger partial charge is 0.241 e. The van der Waals surface area contributed by atoms with Gasteiger partial charge in [0, 0.05) is 5.54 Å². The highest BCUT2D eigenvalue weighted by molar-refractivity contribution is 7.92. The van der Waals surface area contributed by atoms with Crippen LogP contribution in [0.4, 0.5) is 5.69 Å². The highest BCUT2D eigenvalue weighted by Gasteiger charge is 2.23. The third-order valence-corrected chi connectivity index (χ3v) is 3.84. The summed E-state index contributed by atoms with van der Waals surface area (Å²) in [5.74, 6) is 0.293. The number of amides is 1. The summed E-state index contributed by atoms with van der Waals surface area (Å²) in [5, 5.41) is 2.76. The predicted molar refractivity (Wildman–Crippen MR) is 92.3 cm³/mol. The van der Waals surface area contributed by atoms with E-state index in [4.69, 9.17) is 4.74 Å². The fourth-order valence-electron chi connectivity index (χ4n) is 1.95. The van der Waals surface area contributed by atoms with Crippen LogP contribution in [0, 0.1) is 0 Å². The molecule has 1 rings (SSSR count). The van der Waals surface area contributed by atoms with Crippen LogP contribution in [0.3, 0.4) is 0 Å². The highest BCUT2D eigenvalue weighted by Crippen LogP contribution is 2.22. The van der Waals surface area contributed by atoms with Crippen LogP contribution in [0.15, 0.2) is 24.3 Å². The second-order valence-electron chi connectivity index (χ2n) is 6.73. The van der Waals surface area contributed by atoms with Crippen molar-refractivity contribution in [2.24, 2.45) is 0 Å². The first-order valence-electron chi connectivity index (χ1n) is 7.44. The number of nitrogens with one attached hydrogen (secondary N) is 1. The van der Waals surface area contributed by atoms with Gasteiger partial charge in [-0.2, -0.15) is 0 Å². The molecule has 1 amide bonds. The number of nitrogens with zero attached hydrogens (tertiary/aromatic N) is 1. The molecule has 0 aliphatic carbocycles. The van der Waals surface area contributed by atoms with Crippen molar-refractivity contribution >= 4 is 21.6 Å². The Morgan fingerprint density at radius 2 is 1.74 bits per heavy atom. The van der Waals surface area contributed by atoms with E-state index in [2.05, 4.69) is 5.32 Å². The third kappa shape index (κ3) is 6.90. The highest BCUT2D eigenvalue weighted by atomic mass is 32.2. The van der Waals surface area contributed by atoms with E-state index < -0.39 is 15.6 Å². The molecule has 0 aromatic heterocycles. The molecule has 0 saturated heterocycles. The number of sulfonamides is 1. The molecule has 0 fully saturated rings. The quantitative estimate of drug-likeness (QED) is 0.859. The third-order valence-electron chi connectivity index (χ3n) is 2.70. The average molecular weight is 342 g/mol. The SMILES string of the molecule is CC(C)Oc1ccc(N(CC(=O)NC(C)(C)C)S(C)(=O)=O)cc1. The minimum atomic E-state index is -3.57. The van der Waals surface area contributed by atoms with Gasteiger partial charge in [0.15, 0.2) is 0 Å². The summed E-state index contributed by atoms with van der Waals surface area (Å²) in [5.41, 5.74) is 0.00235. The van der Waals surface area contributed by atoms with Crippen molar-refractivity contribution in [3.63, 3.8) is 0 Å². The Kier molecular flexibility index (Phi) is 6.04. The number of benzene rings is 1. The van der Waals surface area contributed by atoms with Crippen LogP contribution in [0.1, 0.15) is 34.6 Å². The number of hydrogen-bond acceptors (Lipinski definition) is 4. The Morgan fingerprint density at radius 1 is 1.22 bits per heavy atom. The van der Waals surface area contributed by atoms with Crippen molar-refractivity contribution in [1.29, 1.82) is 0 Å². The van der Waals surface area contributed by atoms with Gasteiger partial charge in [0.05, 0.1) is 18.0 Å². The standard InChI is InChI=1S/C16H26N2O4S/c1-12(2)22-14-9-7-13(8-10-14)18(23(6,20)21)11-15(19)17-16(3,4)5/h7-10,12H,11H2,1-6H3,(H,17,19). The Bertz CT molecular complexity index is 631. The topological polar surface area (TPSA) is 75.7 Å². The van der Waals surface area contributed by atoms with E-state index in [-0.39, 0.29) is 18.6 Å². The second-order valence-corrected chi connectivity index (χ2v) is 8.64. The first kappa shape index (κ1) is 19.3. The zero-order valence-corrected chi connectivity index (χ0v) is 15.4. The molecule has 0 aliphatic rings. The van der Waals surface area contributed by atoms with E-state index in [0.29, 0.717) is 11.4 Å². The summed E-state index contributed by atoms with van der Waals surface area (Å²) in [6.07, 6.45) is 1.11. The zero-order valence-electron chi connectivity index (χ0n) is 14.6. The van der Waals surface area contributed by atoms with E-state index in [0.717, 1.165) is 10.6 Å². The molecular formula is C16H26N2O4S. The van der Waals surface area contributed by atoms with Crippen LogP contribution < -0.4 is 14.4 Å². The fraction of sp³-hybridized carbons (Fsp3) is 0.562. The van der Waals surface area contributed by atoms with Gasteiger partial charge in [0.2, 0.25) is 15.9 Å². The van der Waals surface area contributed by atoms with Crippen LogP contribution in [-0.2, 0) is 14.8 Å². The molecule has 0 bridgehead atoms. The molecule has 7 heteroatoms. The summed E-state index contributed by atoms with van der Waals surface area (Å²) in [7, 11) is -3.57. The Labute approximate surface area is 138 Å². The number of ether oxygens (including phenoxy) is 1. The molecule has 0 radical (unpaired) electrons. The summed E-state index contributed by atoms with van der Waals surface area (Å²) >= 11 is 0. The molecule has 130 valence electrons. The molecule has 0 heterocycles. The second kappa shape index (κ2) is 7.21. The van der Waals surface area contributed by atoms with Gasteiger partial charge in [-0.05, 0) is 58.9 Å². The van der Waals surface area contributed by atoms with Crippen LogP contribution >= 0.6 is 0 Å². The zero-order chi connectivity index (χ0) is 17.8. The van der Waals surface area contributed by atoms with E-state index in [1.807, 2.05) is 34.6 Å². The number of anilines is 1. The van der Waals surface area contributed by atoms with E-state index in [1.165, 1.54) is 0 Å². The maximum atomic E-state index is 12.1. The van der Waals surface area contributed by atoms with Crippen LogP contribution in [-0.4, -0.2) is 38.8 Å². The van der Waals surface area contributed by atoms with Crippen molar-refractivity contribution in [2.75, 3.05) is 17.1 Å². The lowest BCUT2D eigenvalue weighted by Crippen LogP contribution is -2.47. The number of carbonyl (C=O) groups excluding carboxylic acids is 1. The first-order chi connectivity index (χ1) is 10.4. The van der Waals surface area contributed by atoms with E-state index in [1.54, 1.807) is 24.3 Å². The summed E-state index contributed by atoms with van der Waals surface area (Å²) in [6, 6.07) is 6.64. The molecule has 23 heavy (non-hydrogen) atoms. The maximum Gasteiger partial charge on any atom is 0.241 e. The van der Waals surface area contributed by atoms with E-state index >= 15 is 0 Å². The largest absolute Gasteiger partial charge is 0.491 e. The number of rotatable bonds is 6. The summed E-state index contributed by atoms with van der Waals surface area (Å²) in [6.45, 7) is 9.08. The molecule has 1 aromatic carbocycles. The lowest BCUT2D eigenvalue weighted by atomic mass is 10.1. The minimum absolute atomic E-state index is 0.0319. The van der Waals surface area contributed by atoms with Gasteiger partial charge in [-0.1, -0.05) is 0 Å². The molecule has 1 N–H and O–H groups in total. The van der Waals surface area contributed by atoms with Crippen molar-refractivity contribution in [1.82, 2.24) is 5.32 Å². The van der Waals surface area contributed by atoms with Gasteiger partial charge in [-0.15, -0.1) is 0 Å². The molecule has 6 nitrogen and oxygen atoms in total. The molecular weight excluding hydrogens is 316 g/mol. The van der Waals surface area contributed by atoms with Crippen LogP contribution in [0.5, 0.6) is 5.75 Å². The average Bonchev–Trinajstić information content (AvgIpc) is 2.33. The molecule has 0 atom stereocenters. The lowest BCUT2D eigenvalue weighted by Gasteiger charge is -2.26. The fourth-order valence-corrected chi connectivity index (χ4v) is 2.81. The molecule has 0 aliphatic heterocycles. The maximum absolute atomic E-state index is 12.1. The van der Waals surface area contributed by atoms with Gasteiger partial charge in [0.1, 0.15) is 12.3 Å². The van der Waals surface area contributed by atoms with Crippen LogP contribution in [0.25, 0.3) is 0 Å². The monoisotopic (exact) mass is 342 g/mol. The lowest BCUT2D eigenvalue weighted by molar-refractivity contribution is -0.121. The number of hydrogen-bond donors (Lipinski definition) is 1. The van der Waals surface area contributed by atoms with Crippen molar-refractivity contribution < 1.29 is 17.9 Å². The van der Waals surface area contributed by atoms with Gasteiger partial charge in [-0.3, -0.25) is 9.10 Å². The van der Waals surface area contributed by atoms with Gasteiger partial charge < -0.3 is 10.1 Å². The molecule has 0 saturated carbocycles. The summed E-state index contributed by atoms with van der Waals surface area (Å²) in [4.78, 5) is 12.1. The van der Waals surface area contributed by atoms with Gasteiger partial charge in [-0.25, -0.2) is 8.42 Å². The number of carbonyl (C=O) groups is 1. The van der Waals surface area contributed by atoms with Crippen LogP contribution in [0.2, 0.25) is 0 Å².